The minimum Gasteiger partial charge on any atom is -0.350 e. The smallest absolute Gasteiger partial charge is 0.270 e. The zero-order valence-electron chi connectivity index (χ0n) is 10.4. The van der Waals surface area contributed by atoms with Crippen LogP contribution in [0.15, 0.2) is 12.1 Å². The third-order valence-electron chi connectivity index (χ3n) is 3.73. The van der Waals surface area contributed by atoms with E-state index in [9.17, 15) is 4.79 Å². The third-order valence-corrected chi connectivity index (χ3v) is 3.73. The predicted octanol–water partition coefficient (Wildman–Crippen LogP) is 2.41. The fourth-order valence-electron chi connectivity index (χ4n) is 2.69. The van der Waals surface area contributed by atoms with E-state index in [1.54, 1.807) is 4.90 Å². The summed E-state index contributed by atoms with van der Waals surface area (Å²) in [5, 5.41) is 1.25. The van der Waals surface area contributed by atoms with E-state index in [4.69, 9.17) is 0 Å². The number of aromatic nitrogens is 1. The first-order valence-corrected chi connectivity index (χ1v) is 5.96. The van der Waals surface area contributed by atoms with Gasteiger partial charge in [0, 0.05) is 24.5 Å². The molecule has 2 heterocycles. The Kier molecular flexibility index (Phi) is 2.05. The van der Waals surface area contributed by atoms with E-state index in [0.29, 0.717) is 0 Å². The van der Waals surface area contributed by atoms with Gasteiger partial charge in [0.2, 0.25) is 0 Å². The van der Waals surface area contributed by atoms with Crippen molar-refractivity contribution < 1.29 is 4.79 Å². The molecule has 17 heavy (non-hydrogen) atoms. The Morgan fingerprint density at radius 3 is 2.71 bits per heavy atom. The maximum absolute atomic E-state index is 12.1. The van der Waals surface area contributed by atoms with Crippen LogP contribution in [0.3, 0.4) is 0 Å². The quantitative estimate of drug-likeness (QED) is 0.738. The second-order valence-electron chi connectivity index (χ2n) is 4.90. The number of hydrogen-bond donors (Lipinski definition) is 1. The zero-order chi connectivity index (χ0) is 12.2. The van der Waals surface area contributed by atoms with Crippen LogP contribution in [0, 0.1) is 13.8 Å². The Morgan fingerprint density at radius 2 is 1.94 bits per heavy atom. The fourth-order valence-corrected chi connectivity index (χ4v) is 2.69. The van der Waals surface area contributed by atoms with Gasteiger partial charge in [-0.05, 0) is 37.0 Å². The molecule has 0 aliphatic carbocycles. The molecule has 1 amide bonds. The lowest BCUT2D eigenvalue weighted by Gasteiger charge is -2.22. The highest BCUT2D eigenvalue weighted by molar-refractivity contribution is 6.03. The molecule has 1 N–H and O–H groups in total. The summed E-state index contributed by atoms with van der Waals surface area (Å²) in [6.45, 7) is 5.00. The monoisotopic (exact) mass is 228 g/mol. The molecule has 0 atom stereocenters. The molecule has 1 aliphatic rings. The van der Waals surface area contributed by atoms with Crippen molar-refractivity contribution in [3.8, 4) is 0 Å². The number of aryl methyl sites for hydroxylation is 2. The Morgan fingerprint density at radius 1 is 1.24 bits per heavy atom. The Hall–Kier alpha value is -1.77. The van der Waals surface area contributed by atoms with Crippen LogP contribution in [0.4, 0.5) is 0 Å². The molecule has 1 aromatic carbocycles. The SMILES string of the molecule is Cc1ccc(C)c2c3c([nH]c12)C(=O)N(C)CC3. The Balaban J connectivity index is 2.39. The molecule has 2 aromatic rings. The number of hydrogen-bond acceptors (Lipinski definition) is 1. The van der Waals surface area contributed by atoms with Gasteiger partial charge in [-0.1, -0.05) is 12.1 Å². The van der Waals surface area contributed by atoms with Gasteiger partial charge in [-0.3, -0.25) is 4.79 Å². The van der Waals surface area contributed by atoms with Crippen molar-refractivity contribution in [2.75, 3.05) is 13.6 Å². The van der Waals surface area contributed by atoms with Crippen molar-refractivity contribution in [2.45, 2.75) is 20.3 Å². The lowest BCUT2D eigenvalue weighted by molar-refractivity contribution is 0.0776. The highest BCUT2D eigenvalue weighted by atomic mass is 16.2. The molecule has 1 aliphatic heterocycles. The topological polar surface area (TPSA) is 36.1 Å². The number of nitrogens with zero attached hydrogens (tertiary/aromatic N) is 1. The van der Waals surface area contributed by atoms with Crippen LogP contribution in [0.2, 0.25) is 0 Å². The summed E-state index contributed by atoms with van der Waals surface area (Å²) in [4.78, 5) is 17.2. The third kappa shape index (κ3) is 1.32. The maximum Gasteiger partial charge on any atom is 0.270 e. The summed E-state index contributed by atoms with van der Waals surface area (Å²) in [5.74, 6) is 0.112. The highest BCUT2D eigenvalue weighted by Gasteiger charge is 2.26. The van der Waals surface area contributed by atoms with Gasteiger partial charge in [0.1, 0.15) is 5.69 Å². The number of benzene rings is 1. The second-order valence-corrected chi connectivity index (χ2v) is 4.90. The van der Waals surface area contributed by atoms with Gasteiger partial charge in [0.15, 0.2) is 0 Å². The first kappa shape index (κ1) is 10.4. The summed E-state index contributed by atoms with van der Waals surface area (Å²) in [5.41, 5.74) is 5.56. The average Bonchev–Trinajstić information content (AvgIpc) is 2.70. The van der Waals surface area contributed by atoms with E-state index < -0.39 is 0 Å². The number of likely N-dealkylation sites (N-methyl/N-ethyl adjacent to an activating group) is 1. The molecule has 0 fully saturated rings. The van der Waals surface area contributed by atoms with Crippen LogP contribution in [-0.4, -0.2) is 29.4 Å². The van der Waals surface area contributed by atoms with Crippen LogP contribution in [0.5, 0.6) is 0 Å². The van der Waals surface area contributed by atoms with Crippen molar-refractivity contribution >= 4 is 16.8 Å². The van der Waals surface area contributed by atoms with Crippen molar-refractivity contribution in [1.82, 2.24) is 9.88 Å². The van der Waals surface area contributed by atoms with Crippen LogP contribution < -0.4 is 0 Å². The van der Waals surface area contributed by atoms with Crippen LogP contribution in [-0.2, 0) is 6.42 Å². The fraction of sp³-hybridized carbons (Fsp3) is 0.357. The van der Waals surface area contributed by atoms with Gasteiger partial charge in [0.05, 0.1) is 0 Å². The molecule has 0 saturated heterocycles. The Bertz CT molecular complexity index is 625. The minimum absolute atomic E-state index is 0.112. The molecule has 0 spiro atoms. The van der Waals surface area contributed by atoms with Crippen molar-refractivity contribution in [2.24, 2.45) is 0 Å². The lowest BCUT2D eigenvalue weighted by atomic mass is 9.99. The van der Waals surface area contributed by atoms with E-state index in [2.05, 4.69) is 31.0 Å². The standard InChI is InChI=1S/C14H16N2O/c1-8-4-5-9(2)12-11(8)10-6-7-16(3)14(17)13(10)15-12/h4-5,15H,6-7H2,1-3H3. The number of carbonyl (C=O) groups excluding carboxylic acids is 1. The van der Waals surface area contributed by atoms with Gasteiger partial charge in [-0.2, -0.15) is 0 Å². The number of nitrogens with one attached hydrogen (secondary N) is 1. The first-order chi connectivity index (χ1) is 8.09. The summed E-state index contributed by atoms with van der Waals surface area (Å²) in [6.07, 6.45) is 0.946. The molecular weight excluding hydrogens is 212 g/mol. The first-order valence-electron chi connectivity index (χ1n) is 5.96. The van der Waals surface area contributed by atoms with E-state index in [1.165, 1.54) is 22.1 Å². The average molecular weight is 228 g/mol. The molecule has 0 radical (unpaired) electrons. The zero-order valence-corrected chi connectivity index (χ0v) is 10.4. The predicted molar refractivity (Wildman–Crippen MR) is 68.4 cm³/mol. The molecular formula is C14H16N2O. The maximum atomic E-state index is 12.1. The van der Waals surface area contributed by atoms with Gasteiger partial charge < -0.3 is 9.88 Å². The highest BCUT2D eigenvalue weighted by Crippen LogP contribution is 2.31. The summed E-state index contributed by atoms with van der Waals surface area (Å²) < 4.78 is 0. The number of aromatic amines is 1. The van der Waals surface area contributed by atoms with Gasteiger partial charge in [-0.15, -0.1) is 0 Å². The molecule has 0 saturated carbocycles. The number of carbonyl (C=O) groups is 1. The molecule has 0 bridgehead atoms. The normalized spacial score (nSPS) is 15.5. The van der Waals surface area contributed by atoms with Crippen molar-refractivity contribution in [3.63, 3.8) is 0 Å². The number of rotatable bonds is 0. The lowest BCUT2D eigenvalue weighted by Crippen LogP contribution is -2.33. The summed E-state index contributed by atoms with van der Waals surface area (Å²) >= 11 is 0. The molecule has 3 nitrogen and oxygen atoms in total. The van der Waals surface area contributed by atoms with Gasteiger partial charge in [0.25, 0.3) is 5.91 Å². The van der Waals surface area contributed by atoms with Crippen LogP contribution >= 0.6 is 0 Å². The molecule has 88 valence electrons. The van der Waals surface area contributed by atoms with Crippen LogP contribution in [0.1, 0.15) is 27.2 Å². The van der Waals surface area contributed by atoms with E-state index in [1.807, 2.05) is 7.05 Å². The number of H-pyrrole nitrogens is 1. The van der Waals surface area contributed by atoms with Crippen molar-refractivity contribution in [1.29, 1.82) is 0 Å². The second kappa shape index (κ2) is 3.36. The number of amides is 1. The number of fused-ring (bicyclic) bond motifs is 3. The largest absolute Gasteiger partial charge is 0.350 e. The molecule has 0 unspecified atom stereocenters. The summed E-state index contributed by atoms with van der Waals surface area (Å²) in [7, 11) is 1.86. The Labute approximate surface area is 100 Å². The molecule has 3 rings (SSSR count). The van der Waals surface area contributed by atoms with E-state index in [0.717, 1.165) is 24.2 Å². The van der Waals surface area contributed by atoms with Crippen molar-refractivity contribution in [3.05, 3.63) is 34.5 Å². The van der Waals surface area contributed by atoms with E-state index >= 15 is 0 Å². The van der Waals surface area contributed by atoms with E-state index in [-0.39, 0.29) is 5.91 Å². The summed E-state index contributed by atoms with van der Waals surface area (Å²) in [6, 6.07) is 4.24. The minimum atomic E-state index is 0.112. The molecule has 3 heteroatoms. The van der Waals surface area contributed by atoms with Gasteiger partial charge >= 0.3 is 0 Å². The van der Waals surface area contributed by atoms with Gasteiger partial charge in [-0.25, -0.2) is 0 Å². The molecule has 1 aromatic heterocycles. The van der Waals surface area contributed by atoms with Crippen LogP contribution in [0.25, 0.3) is 10.9 Å².